The number of rotatable bonds is 2. The van der Waals surface area contributed by atoms with Gasteiger partial charge in [0.05, 0.1) is 11.6 Å². The standard InChI is InChI=1S/C9H18N2O2/c1-3-7(10)8(12)11-5-4-9(2,13)6-11/h7,13H,3-6,10H2,1-2H3. The second-order valence-corrected chi connectivity index (χ2v) is 4.02. The van der Waals surface area contributed by atoms with Crippen LogP contribution in [0.4, 0.5) is 0 Å². The molecule has 0 radical (unpaired) electrons. The molecular formula is C9H18N2O2. The molecule has 0 aromatic rings. The fraction of sp³-hybridized carbons (Fsp3) is 0.889. The molecule has 4 heteroatoms. The summed E-state index contributed by atoms with van der Waals surface area (Å²) in [7, 11) is 0. The van der Waals surface area contributed by atoms with Crippen LogP contribution in [-0.4, -0.2) is 40.6 Å². The van der Waals surface area contributed by atoms with E-state index in [1.54, 1.807) is 11.8 Å². The largest absolute Gasteiger partial charge is 0.388 e. The Balaban J connectivity index is 2.51. The van der Waals surface area contributed by atoms with Crippen molar-refractivity contribution in [2.75, 3.05) is 13.1 Å². The summed E-state index contributed by atoms with van der Waals surface area (Å²) in [5, 5.41) is 9.63. The van der Waals surface area contributed by atoms with Crippen molar-refractivity contribution in [2.24, 2.45) is 5.73 Å². The van der Waals surface area contributed by atoms with E-state index in [-0.39, 0.29) is 5.91 Å². The van der Waals surface area contributed by atoms with Crippen molar-refractivity contribution < 1.29 is 9.90 Å². The van der Waals surface area contributed by atoms with E-state index >= 15 is 0 Å². The number of carbonyl (C=O) groups is 1. The van der Waals surface area contributed by atoms with Crippen LogP contribution >= 0.6 is 0 Å². The maximum Gasteiger partial charge on any atom is 0.239 e. The highest BCUT2D eigenvalue weighted by molar-refractivity contribution is 5.81. The Morgan fingerprint density at radius 3 is 2.77 bits per heavy atom. The maximum absolute atomic E-state index is 11.6. The summed E-state index contributed by atoms with van der Waals surface area (Å²) < 4.78 is 0. The van der Waals surface area contributed by atoms with Gasteiger partial charge in [-0.1, -0.05) is 6.92 Å². The van der Waals surface area contributed by atoms with Crippen molar-refractivity contribution in [3.63, 3.8) is 0 Å². The lowest BCUT2D eigenvalue weighted by atomic mass is 10.1. The highest BCUT2D eigenvalue weighted by atomic mass is 16.3. The smallest absolute Gasteiger partial charge is 0.239 e. The Hall–Kier alpha value is -0.610. The molecule has 0 aromatic carbocycles. The van der Waals surface area contributed by atoms with Gasteiger partial charge in [0, 0.05) is 13.1 Å². The molecule has 0 bridgehead atoms. The lowest BCUT2D eigenvalue weighted by Gasteiger charge is -2.21. The van der Waals surface area contributed by atoms with E-state index in [1.165, 1.54) is 0 Å². The van der Waals surface area contributed by atoms with Crippen LogP contribution < -0.4 is 5.73 Å². The van der Waals surface area contributed by atoms with Crippen molar-refractivity contribution in [1.82, 2.24) is 4.90 Å². The number of amides is 1. The van der Waals surface area contributed by atoms with Gasteiger partial charge in [-0.25, -0.2) is 0 Å². The Labute approximate surface area is 78.7 Å². The van der Waals surface area contributed by atoms with Gasteiger partial charge in [0.1, 0.15) is 0 Å². The van der Waals surface area contributed by atoms with Gasteiger partial charge in [-0.2, -0.15) is 0 Å². The molecule has 1 rings (SSSR count). The second-order valence-electron chi connectivity index (χ2n) is 4.02. The summed E-state index contributed by atoms with van der Waals surface area (Å²) in [6.07, 6.45) is 1.30. The average Bonchev–Trinajstić information content (AvgIpc) is 2.43. The van der Waals surface area contributed by atoms with Gasteiger partial charge >= 0.3 is 0 Å². The maximum atomic E-state index is 11.6. The third kappa shape index (κ3) is 2.42. The van der Waals surface area contributed by atoms with Crippen molar-refractivity contribution >= 4 is 5.91 Å². The quantitative estimate of drug-likeness (QED) is 0.622. The number of likely N-dealkylation sites (tertiary alicyclic amines) is 1. The summed E-state index contributed by atoms with van der Waals surface area (Å²) in [5.41, 5.74) is 4.89. The first-order valence-corrected chi connectivity index (χ1v) is 4.73. The Kier molecular flexibility index (Phi) is 2.93. The first-order valence-electron chi connectivity index (χ1n) is 4.73. The topological polar surface area (TPSA) is 66.6 Å². The lowest BCUT2D eigenvalue weighted by Crippen LogP contribution is -2.43. The number of β-amino-alcohol motifs (C(OH)–C–C–N with tert-alkyl or cyclic N) is 1. The van der Waals surface area contributed by atoms with Crippen LogP contribution in [-0.2, 0) is 4.79 Å². The molecule has 2 unspecified atom stereocenters. The van der Waals surface area contributed by atoms with Gasteiger partial charge in [0.2, 0.25) is 5.91 Å². The zero-order valence-corrected chi connectivity index (χ0v) is 8.29. The number of hydrogen-bond donors (Lipinski definition) is 2. The van der Waals surface area contributed by atoms with Gasteiger partial charge in [0.15, 0.2) is 0 Å². The first-order chi connectivity index (χ1) is 5.96. The molecule has 76 valence electrons. The van der Waals surface area contributed by atoms with E-state index < -0.39 is 11.6 Å². The zero-order chi connectivity index (χ0) is 10.1. The number of carbonyl (C=O) groups excluding carboxylic acids is 1. The van der Waals surface area contributed by atoms with E-state index in [0.717, 1.165) is 0 Å². The van der Waals surface area contributed by atoms with Crippen LogP contribution in [0.25, 0.3) is 0 Å². The number of nitrogens with zero attached hydrogens (tertiary/aromatic N) is 1. The summed E-state index contributed by atoms with van der Waals surface area (Å²) in [6, 6.07) is -0.408. The SMILES string of the molecule is CCC(N)C(=O)N1CCC(C)(O)C1. The molecule has 1 saturated heterocycles. The fourth-order valence-corrected chi connectivity index (χ4v) is 1.54. The highest BCUT2D eigenvalue weighted by Gasteiger charge is 2.35. The van der Waals surface area contributed by atoms with Crippen LogP contribution in [0.15, 0.2) is 0 Å². The number of nitrogens with two attached hydrogens (primary N) is 1. The molecule has 1 aliphatic heterocycles. The molecule has 2 atom stereocenters. The van der Waals surface area contributed by atoms with Gasteiger partial charge in [-0.05, 0) is 19.8 Å². The molecule has 1 amide bonds. The molecule has 0 spiro atoms. The molecular weight excluding hydrogens is 168 g/mol. The Morgan fingerprint density at radius 2 is 2.38 bits per heavy atom. The average molecular weight is 186 g/mol. The van der Waals surface area contributed by atoms with Crippen molar-refractivity contribution in [3.8, 4) is 0 Å². The van der Waals surface area contributed by atoms with Crippen LogP contribution in [0, 0.1) is 0 Å². The van der Waals surface area contributed by atoms with Crippen LogP contribution in [0.3, 0.4) is 0 Å². The normalized spacial score (nSPS) is 30.6. The van der Waals surface area contributed by atoms with Crippen molar-refractivity contribution in [3.05, 3.63) is 0 Å². The molecule has 1 aliphatic rings. The minimum Gasteiger partial charge on any atom is -0.388 e. The molecule has 0 saturated carbocycles. The summed E-state index contributed by atoms with van der Waals surface area (Å²) in [5.74, 6) is -0.0414. The third-order valence-corrected chi connectivity index (χ3v) is 2.52. The molecule has 4 nitrogen and oxygen atoms in total. The molecule has 1 fully saturated rings. The predicted molar refractivity (Wildman–Crippen MR) is 50.1 cm³/mol. The predicted octanol–water partition coefficient (Wildman–Crippen LogP) is -0.293. The lowest BCUT2D eigenvalue weighted by molar-refractivity contribution is -0.132. The van der Waals surface area contributed by atoms with Crippen molar-refractivity contribution in [1.29, 1.82) is 0 Å². The van der Waals surface area contributed by atoms with Crippen molar-refractivity contribution in [2.45, 2.75) is 38.3 Å². The van der Waals surface area contributed by atoms with Gasteiger partial charge in [-0.3, -0.25) is 4.79 Å². The van der Waals surface area contributed by atoms with E-state index in [2.05, 4.69) is 0 Å². The van der Waals surface area contributed by atoms with Crippen LogP contribution in [0.1, 0.15) is 26.7 Å². The van der Waals surface area contributed by atoms with Gasteiger partial charge in [-0.15, -0.1) is 0 Å². The van der Waals surface area contributed by atoms with Crippen LogP contribution in [0.2, 0.25) is 0 Å². The first kappa shape index (κ1) is 10.5. The van der Waals surface area contributed by atoms with E-state index in [1.807, 2.05) is 6.92 Å². The Morgan fingerprint density at radius 1 is 1.77 bits per heavy atom. The molecule has 0 aromatic heterocycles. The summed E-state index contributed by atoms with van der Waals surface area (Å²) in [6.45, 7) is 4.67. The van der Waals surface area contributed by atoms with Gasteiger partial charge < -0.3 is 15.7 Å². The number of aliphatic hydroxyl groups is 1. The van der Waals surface area contributed by atoms with E-state index in [4.69, 9.17) is 5.73 Å². The molecule has 13 heavy (non-hydrogen) atoms. The molecule has 0 aliphatic carbocycles. The molecule has 3 N–H and O–H groups in total. The fourth-order valence-electron chi connectivity index (χ4n) is 1.54. The Bertz CT molecular complexity index is 204. The summed E-state index contributed by atoms with van der Waals surface area (Å²) in [4.78, 5) is 13.2. The minimum absolute atomic E-state index is 0.0414. The zero-order valence-electron chi connectivity index (χ0n) is 8.29. The van der Waals surface area contributed by atoms with E-state index in [9.17, 15) is 9.90 Å². The van der Waals surface area contributed by atoms with Crippen LogP contribution in [0.5, 0.6) is 0 Å². The second kappa shape index (κ2) is 3.64. The van der Waals surface area contributed by atoms with E-state index in [0.29, 0.717) is 25.9 Å². The summed E-state index contributed by atoms with van der Waals surface area (Å²) >= 11 is 0. The molecule has 1 heterocycles. The third-order valence-electron chi connectivity index (χ3n) is 2.52. The number of hydrogen-bond acceptors (Lipinski definition) is 3. The van der Waals surface area contributed by atoms with Gasteiger partial charge in [0.25, 0.3) is 0 Å². The monoisotopic (exact) mass is 186 g/mol. The minimum atomic E-state index is -0.719. The highest BCUT2D eigenvalue weighted by Crippen LogP contribution is 2.20.